The summed E-state index contributed by atoms with van der Waals surface area (Å²) in [7, 11) is 0. The first kappa shape index (κ1) is 11.1. The van der Waals surface area contributed by atoms with Crippen LogP contribution in [0, 0.1) is 12.3 Å². The monoisotopic (exact) mass is 204 g/mol. The molecule has 0 unspecified atom stereocenters. The van der Waals surface area contributed by atoms with Crippen molar-refractivity contribution in [2.75, 3.05) is 0 Å². The van der Waals surface area contributed by atoms with Crippen LogP contribution in [0.4, 0.5) is 0 Å². The Morgan fingerprint density at radius 3 is 2.67 bits per heavy atom. The van der Waals surface area contributed by atoms with Gasteiger partial charge in [-0.3, -0.25) is 4.79 Å². The molecule has 0 amide bonds. The summed E-state index contributed by atoms with van der Waals surface area (Å²) in [6.07, 6.45) is 4.96. The highest BCUT2D eigenvalue weighted by molar-refractivity contribution is 6.10. The Hall–Kier alpha value is -1.95. The Morgan fingerprint density at radius 2 is 2.20 bits per heavy atom. The van der Waals surface area contributed by atoms with Gasteiger partial charge in [0.2, 0.25) is 5.78 Å². The van der Waals surface area contributed by atoms with Gasteiger partial charge < -0.3 is 9.84 Å². The Morgan fingerprint density at radius 1 is 1.53 bits per heavy atom. The molecule has 1 N–H and O–H groups in total. The molecule has 0 aromatic heterocycles. The van der Waals surface area contributed by atoms with Crippen LogP contribution in [-0.2, 0) is 0 Å². The smallest absolute Gasteiger partial charge is 0.239 e. The number of benzene rings is 1. The molecule has 15 heavy (non-hydrogen) atoms. The summed E-state index contributed by atoms with van der Waals surface area (Å²) in [6, 6.07) is 4.43. The van der Waals surface area contributed by atoms with Crippen LogP contribution < -0.4 is 4.74 Å². The molecular weight excluding hydrogens is 192 g/mol. The summed E-state index contributed by atoms with van der Waals surface area (Å²) >= 11 is 0. The maximum absolute atomic E-state index is 11.1. The van der Waals surface area contributed by atoms with Crippen LogP contribution in [0.1, 0.15) is 24.2 Å². The minimum Gasteiger partial charge on any atom is -0.507 e. The molecule has 0 radical (unpaired) electrons. The van der Waals surface area contributed by atoms with Crippen molar-refractivity contribution in [1.29, 1.82) is 0 Å². The Kier molecular flexibility index (Phi) is 3.35. The fourth-order valence-electron chi connectivity index (χ4n) is 1.13. The van der Waals surface area contributed by atoms with Crippen LogP contribution in [0.25, 0.3) is 0 Å². The molecule has 78 valence electrons. The predicted molar refractivity (Wildman–Crippen MR) is 57.0 cm³/mol. The second-order valence-electron chi connectivity index (χ2n) is 3.32. The number of hydrogen-bond acceptors (Lipinski definition) is 3. The lowest BCUT2D eigenvalue weighted by Gasteiger charge is -2.10. The Labute approximate surface area is 88.7 Å². The van der Waals surface area contributed by atoms with Gasteiger partial charge in [0, 0.05) is 6.07 Å². The maximum atomic E-state index is 11.1. The molecule has 0 spiro atoms. The zero-order valence-electron chi connectivity index (χ0n) is 8.65. The van der Waals surface area contributed by atoms with Gasteiger partial charge in [0.1, 0.15) is 11.5 Å². The highest BCUT2D eigenvalue weighted by Crippen LogP contribution is 2.24. The molecule has 0 atom stereocenters. The zero-order chi connectivity index (χ0) is 11.4. The van der Waals surface area contributed by atoms with E-state index in [0.29, 0.717) is 5.75 Å². The first-order valence-electron chi connectivity index (χ1n) is 4.55. The van der Waals surface area contributed by atoms with E-state index < -0.39 is 5.78 Å². The highest BCUT2D eigenvalue weighted by Gasteiger charge is 2.09. The van der Waals surface area contributed by atoms with Crippen LogP contribution in [0.5, 0.6) is 11.5 Å². The number of phenolic OH excluding ortho intramolecular Hbond substituents is 1. The van der Waals surface area contributed by atoms with Crippen LogP contribution in [0.2, 0.25) is 0 Å². The number of hydrogen-bond donors (Lipinski definition) is 1. The first-order chi connectivity index (χ1) is 7.04. The topological polar surface area (TPSA) is 46.5 Å². The molecule has 3 heteroatoms. The molecule has 0 saturated carbocycles. The van der Waals surface area contributed by atoms with Gasteiger partial charge in [-0.25, -0.2) is 0 Å². The van der Waals surface area contributed by atoms with E-state index in [1.807, 2.05) is 19.8 Å². The standard InChI is InChI=1S/C12H12O3/c1-4-11(13)10-6-5-9(7-12(10)14)15-8(2)3/h1,5-8,14H,2-3H3. The lowest BCUT2D eigenvalue weighted by Crippen LogP contribution is -2.05. The van der Waals surface area contributed by atoms with Crippen molar-refractivity contribution in [1.82, 2.24) is 0 Å². The predicted octanol–water partition coefficient (Wildman–Crippen LogP) is 2.00. The summed E-state index contributed by atoms with van der Waals surface area (Å²) < 4.78 is 5.34. The summed E-state index contributed by atoms with van der Waals surface area (Å²) in [6.45, 7) is 3.75. The molecule has 1 aromatic rings. The number of terminal acetylenes is 1. The molecule has 1 aromatic carbocycles. The van der Waals surface area contributed by atoms with E-state index in [4.69, 9.17) is 11.2 Å². The summed E-state index contributed by atoms with van der Waals surface area (Å²) in [4.78, 5) is 11.1. The van der Waals surface area contributed by atoms with Gasteiger partial charge in [-0.2, -0.15) is 0 Å². The molecule has 0 heterocycles. The number of phenols is 1. The number of Topliss-reactive ketones (excluding diaryl/α,β-unsaturated/α-hetero) is 1. The summed E-state index contributed by atoms with van der Waals surface area (Å²) in [5, 5.41) is 9.51. The molecule has 0 aliphatic rings. The number of rotatable bonds is 3. The second kappa shape index (κ2) is 4.52. The van der Waals surface area contributed by atoms with Crippen molar-refractivity contribution in [2.24, 2.45) is 0 Å². The van der Waals surface area contributed by atoms with Crippen molar-refractivity contribution < 1.29 is 14.6 Å². The first-order valence-corrected chi connectivity index (χ1v) is 4.55. The third-order valence-corrected chi connectivity index (χ3v) is 1.72. The zero-order valence-corrected chi connectivity index (χ0v) is 8.65. The normalized spacial score (nSPS) is 9.73. The van der Waals surface area contributed by atoms with Crippen molar-refractivity contribution in [3.63, 3.8) is 0 Å². The molecule has 0 aliphatic heterocycles. The van der Waals surface area contributed by atoms with Gasteiger partial charge in [0.05, 0.1) is 11.7 Å². The Bertz CT molecular complexity index is 413. The maximum Gasteiger partial charge on any atom is 0.239 e. The average Bonchev–Trinajstić information content (AvgIpc) is 2.16. The van der Waals surface area contributed by atoms with E-state index in [9.17, 15) is 9.90 Å². The highest BCUT2D eigenvalue weighted by atomic mass is 16.5. The number of ketones is 1. The molecule has 0 bridgehead atoms. The van der Waals surface area contributed by atoms with Crippen molar-refractivity contribution >= 4 is 5.78 Å². The number of carbonyl (C=O) groups excluding carboxylic acids is 1. The molecule has 3 nitrogen and oxygen atoms in total. The van der Waals surface area contributed by atoms with Crippen LogP contribution in [-0.4, -0.2) is 17.0 Å². The molecule has 0 fully saturated rings. The van der Waals surface area contributed by atoms with E-state index >= 15 is 0 Å². The van der Waals surface area contributed by atoms with Gasteiger partial charge in [-0.1, -0.05) is 0 Å². The molecule has 0 aliphatic carbocycles. The van der Waals surface area contributed by atoms with Crippen molar-refractivity contribution in [3.8, 4) is 23.8 Å². The lowest BCUT2D eigenvalue weighted by molar-refractivity contribution is 0.105. The molecular formula is C12H12O3. The third kappa shape index (κ3) is 2.75. The van der Waals surface area contributed by atoms with E-state index in [2.05, 4.69) is 0 Å². The average molecular weight is 204 g/mol. The second-order valence-corrected chi connectivity index (χ2v) is 3.32. The SMILES string of the molecule is C#CC(=O)c1ccc(OC(C)C)cc1O. The summed E-state index contributed by atoms with van der Waals surface area (Å²) in [5.41, 5.74) is 0.119. The minimum atomic E-state index is -0.538. The number of aromatic hydroxyl groups is 1. The lowest BCUT2D eigenvalue weighted by atomic mass is 10.1. The van der Waals surface area contributed by atoms with Gasteiger partial charge in [0.15, 0.2) is 0 Å². The number of ether oxygens (including phenoxy) is 1. The van der Waals surface area contributed by atoms with Gasteiger partial charge in [-0.05, 0) is 31.9 Å². The van der Waals surface area contributed by atoms with Gasteiger partial charge >= 0.3 is 0 Å². The fraction of sp³-hybridized carbons (Fsp3) is 0.250. The van der Waals surface area contributed by atoms with E-state index in [1.54, 1.807) is 6.07 Å². The van der Waals surface area contributed by atoms with Crippen molar-refractivity contribution in [3.05, 3.63) is 23.8 Å². The quantitative estimate of drug-likeness (QED) is 0.465. The fourth-order valence-corrected chi connectivity index (χ4v) is 1.13. The Balaban J connectivity index is 2.99. The minimum absolute atomic E-state index is 0.0126. The van der Waals surface area contributed by atoms with Crippen LogP contribution in [0.3, 0.4) is 0 Å². The van der Waals surface area contributed by atoms with Crippen LogP contribution >= 0.6 is 0 Å². The molecule has 1 rings (SSSR count). The van der Waals surface area contributed by atoms with E-state index in [-0.39, 0.29) is 17.4 Å². The summed E-state index contributed by atoms with van der Waals surface area (Å²) in [5.74, 6) is 1.76. The van der Waals surface area contributed by atoms with Crippen LogP contribution in [0.15, 0.2) is 18.2 Å². The van der Waals surface area contributed by atoms with E-state index in [1.165, 1.54) is 12.1 Å². The van der Waals surface area contributed by atoms with Gasteiger partial charge in [0.25, 0.3) is 0 Å². The molecule has 0 saturated heterocycles. The van der Waals surface area contributed by atoms with E-state index in [0.717, 1.165) is 0 Å². The number of carbonyl (C=O) groups is 1. The van der Waals surface area contributed by atoms with Gasteiger partial charge in [-0.15, -0.1) is 6.42 Å². The largest absolute Gasteiger partial charge is 0.507 e. The third-order valence-electron chi connectivity index (χ3n) is 1.72. The van der Waals surface area contributed by atoms with Crippen molar-refractivity contribution in [2.45, 2.75) is 20.0 Å².